The molecule has 5 nitrogen and oxygen atoms in total. The van der Waals surface area contributed by atoms with Crippen LogP contribution in [0.2, 0.25) is 0 Å². The van der Waals surface area contributed by atoms with Gasteiger partial charge >= 0.3 is 6.18 Å². The molecule has 148 valence electrons. The minimum atomic E-state index is -4.36. The van der Waals surface area contributed by atoms with Crippen LogP contribution in [-0.2, 0) is 22.1 Å². The number of hydrazine groups is 1. The summed E-state index contributed by atoms with van der Waals surface area (Å²) in [6.45, 7) is 1.33. The van der Waals surface area contributed by atoms with Crippen molar-refractivity contribution < 1.29 is 22.7 Å². The van der Waals surface area contributed by atoms with Gasteiger partial charge in [0, 0.05) is 25.6 Å². The molecule has 2 heterocycles. The van der Waals surface area contributed by atoms with Gasteiger partial charge in [-0.25, -0.2) is 5.43 Å². The Hall–Kier alpha value is -1.64. The van der Waals surface area contributed by atoms with Gasteiger partial charge in [0.05, 0.1) is 18.3 Å². The van der Waals surface area contributed by atoms with E-state index in [1.165, 1.54) is 18.9 Å². The van der Waals surface area contributed by atoms with E-state index in [2.05, 4.69) is 10.9 Å². The summed E-state index contributed by atoms with van der Waals surface area (Å²) >= 11 is 0. The normalized spacial score (nSPS) is 29.1. The first-order valence-corrected chi connectivity index (χ1v) is 9.48. The number of hydrogen-bond acceptors (Lipinski definition) is 4. The summed E-state index contributed by atoms with van der Waals surface area (Å²) in [5.41, 5.74) is 6.24. The molecule has 3 atom stereocenters. The van der Waals surface area contributed by atoms with Crippen LogP contribution in [0.5, 0.6) is 0 Å². The molecule has 2 N–H and O–H groups in total. The van der Waals surface area contributed by atoms with Crippen molar-refractivity contribution in [2.45, 2.75) is 50.0 Å². The molecule has 2 aliphatic heterocycles. The monoisotopic (exact) mass is 383 g/mol. The molecular formula is C19H24F3N3O2. The van der Waals surface area contributed by atoms with Crippen molar-refractivity contribution in [3.63, 3.8) is 0 Å². The van der Waals surface area contributed by atoms with Crippen LogP contribution in [-0.4, -0.2) is 48.7 Å². The smallest absolute Gasteiger partial charge is 0.374 e. The molecule has 1 aromatic rings. The minimum absolute atomic E-state index is 0.0444. The summed E-state index contributed by atoms with van der Waals surface area (Å²) in [6, 6.07) is 5.44. The number of hydrogen-bond donors (Lipinski definition) is 2. The van der Waals surface area contributed by atoms with Crippen molar-refractivity contribution in [1.29, 1.82) is 0 Å². The summed E-state index contributed by atoms with van der Waals surface area (Å²) < 4.78 is 44.4. The number of alkyl halides is 3. The van der Waals surface area contributed by atoms with Crippen molar-refractivity contribution in [2.24, 2.45) is 5.92 Å². The molecule has 0 spiro atoms. The van der Waals surface area contributed by atoms with Gasteiger partial charge in [0.1, 0.15) is 6.04 Å². The number of carbonyl (C=O) groups is 1. The van der Waals surface area contributed by atoms with Gasteiger partial charge in [0.15, 0.2) is 0 Å². The highest BCUT2D eigenvalue weighted by Gasteiger charge is 2.40. The average Bonchev–Trinajstić information content (AvgIpc) is 3.38. The fourth-order valence-electron chi connectivity index (χ4n) is 3.95. The molecule has 4 rings (SSSR count). The highest BCUT2D eigenvalue weighted by atomic mass is 19.4. The molecule has 3 unspecified atom stereocenters. The zero-order valence-corrected chi connectivity index (χ0v) is 15.0. The fourth-order valence-corrected chi connectivity index (χ4v) is 3.95. The molecule has 0 bridgehead atoms. The lowest BCUT2D eigenvalue weighted by Crippen LogP contribution is -2.52. The van der Waals surface area contributed by atoms with E-state index in [1.807, 2.05) is 0 Å². The summed E-state index contributed by atoms with van der Waals surface area (Å²) in [4.78, 5) is 14.6. The zero-order valence-electron chi connectivity index (χ0n) is 15.0. The number of amides is 1. The van der Waals surface area contributed by atoms with Crippen molar-refractivity contribution >= 4 is 5.91 Å². The third-order valence-corrected chi connectivity index (χ3v) is 5.59. The molecule has 0 radical (unpaired) electrons. The quantitative estimate of drug-likeness (QED) is 0.837. The van der Waals surface area contributed by atoms with E-state index >= 15 is 0 Å². The third-order valence-electron chi connectivity index (χ3n) is 5.59. The molecule has 2 saturated heterocycles. The van der Waals surface area contributed by atoms with Gasteiger partial charge in [-0.3, -0.25) is 10.2 Å². The molecule has 1 aromatic carbocycles. The van der Waals surface area contributed by atoms with E-state index in [-0.39, 0.29) is 18.1 Å². The van der Waals surface area contributed by atoms with Crippen molar-refractivity contribution in [3.8, 4) is 0 Å². The minimum Gasteiger partial charge on any atom is -0.374 e. The Balaban J connectivity index is 1.35. The van der Waals surface area contributed by atoms with E-state index in [0.29, 0.717) is 43.6 Å². The highest BCUT2D eigenvalue weighted by molar-refractivity contribution is 5.82. The Kier molecular flexibility index (Phi) is 5.13. The van der Waals surface area contributed by atoms with Gasteiger partial charge in [0.25, 0.3) is 0 Å². The molecule has 3 aliphatic rings. The molecule has 0 aromatic heterocycles. The van der Waals surface area contributed by atoms with Gasteiger partial charge in [0.2, 0.25) is 5.91 Å². The standard InChI is InChI=1S/C19H24F3N3O2/c20-19(21,22)14-3-1-2-12(8-14)9-15-11-25(6-7-27-15)18(26)17-10-16(23-24-17)13-4-5-13/h1-3,8,13,15-17,23-24H,4-7,9-11H2. The van der Waals surface area contributed by atoms with Gasteiger partial charge in [-0.05, 0) is 36.8 Å². The van der Waals surface area contributed by atoms with E-state index in [4.69, 9.17) is 4.74 Å². The van der Waals surface area contributed by atoms with Crippen LogP contribution >= 0.6 is 0 Å². The lowest BCUT2D eigenvalue weighted by Gasteiger charge is -2.34. The highest BCUT2D eigenvalue weighted by Crippen LogP contribution is 2.36. The number of halogens is 3. The maximum atomic E-state index is 12.9. The summed E-state index contributed by atoms with van der Waals surface area (Å²) in [6.07, 6.45) is -1.06. The van der Waals surface area contributed by atoms with Crippen LogP contribution < -0.4 is 10.9 Å². The zero-order chi connectivity index (χ0) is 19.0. The second-order valence-corrected chi connectivity index (χ2v) is 7.70. The van der Waals surface area contributed by atoms with Gasteiger partial charge < -0.3 is 9.64 Å². The lowest BCUT2D eigenvalue weighted by atomic mass is 10.0. The van der Waals surface area contributed by atoms with Crippen LogP contribution in [0.25, 0.3) is 0 Å². The Bertz CT molecular complexity index is 693. The topological polar surface area (TPSA) is 53.6 Å². The Labute approximate surface area is 156 Å². The summed E-state index contributed by atoms with van der Waals surface area (Å²) in [5, 5.41) is 0. The first kappa shape index (κ1) is 18.7. The Morgan fingerprint density at radius 3 is 2.81 bits per heavy atom. The van der Waals surface area contributed by atoms with Crippen molar-refractivity contribution in [2.75, 3.05) is 19.7 Å². The molecular weight excluding hydrogens is 359 g/mol. The number of nitrogens with one attached hydrogen (secondary N) is 2. The van der Waals surface area contributed by atoms with Crippen LogP contribution in [0.15, 0.2) is 24.3 Å². The molecule has 27 heavy (non-hydrogen) atoms. The van der Waals surface area contributed by atoms with Crippen LogP contribution in [0.3, 0.4) is 0 Å². The van der Waals surface area contributed by atoms with Crippen molar-refractivity contribution in [1.82, 2.24) is 15.8 Å². The van der Waals surface area contributed by atoms with Crippen LogP contribution in [0.4, 0.5) is 13.2 Å². The fraction of sp³-hybridized carbons (Fsp3) is 0.632. The summed E-state index contributed by atoms with van der Waals surface area (Å²) in [5.74, 6) is 0.719. The Morgan fingerprint density at radius 2 is 2.07 bits per heavy atom. The maximum Gasteiger partial charge on any atom is 0.416 e. The first-order chi connectivity index (χ1) is 12.9. The van der Waals surface area contributed by atoms with Gasteiger partial charge in [-0.1, -0.05) is 18.2 Å². The van der Waals surface area contributed by atoms with E-state index in [1.54, 1.807) is 11.0 Å². The molecule has 8 heteroatoms. The van der Waals surface area contributed by atoms with Crippen molar-refractivity contribution in [3.05, 3.63) is 35.4 Å². The number of carbonyl (C=O) groups excluding carboxylic acids is 1. The predicted octanol–water partition coefficient (Wildman–Crippen LogP) is 2.12. The summed E-state index contributed by atoms with van der Waals surface area (Å²) in [7, 11) is 0. The average molecular weight is 383 g/mol. The number of rotatable bonds is 4. The Morgan fingerprint density at radius 1 is 1.26 bits per heavy atom. The molecule has 1 saturated carbocycles. The second-order valence-electron chi connectivity index (χ2n) is 7.70. The second kappa shape index (κ2) is 7.41. The van der Waals surface area contributed by atoms with Gasteiger partial charge in [-0.15, -0.1) is 0 Å². The number of morpholine rings is 1. The number of ether oxygens (including phenoxy) is 1. The molecule has 3 fully saturated rings. The molecule has 1 amide bonds. The number of nitrogens with zero attached hydrogens (tertiary/aromatic N) is 1. The molecule has 1 aliphatic carbocycles. The third kappa shape index (κ3) is 4.44. The van der Waals surface area contributed by atoms with E-state index in [9.17, 15) is 18.0 Å². The SMILES string of the molecule is O=C(C1CC(C2CC2)NN1)N1CCOC(Cc2cccc(C(F)(F)F)c2)C1. The largest absolute Gasteiger partial charge is 0.416 e. The van der Waals surface area contributed by atoms with E-state index in [0.717, 1.165) is 18.6 Å². The first-order valence-electron chi connectivity index (χ1n) is 9.48. The number of benzene rings is 1. The lowest BCUT2D eigenvalue weighted by molar-refractivity contribution is -0.140. The van der Waals surface area contributed by atoms with E-state index < -0.39 is 11.7 Å². The van der Waals surface area contributed by atoms with Crippen LogP contribution in [0, 0.1) is 5.92 Å². The maximum absolute atomic E-state index is 12.9. The van der Waals surface area contributed by atoms with Gasteiger partial charge in [-0.2, -0.15) is 13.2 Å². The van der Waals surface area contributed by atoms with Crippen LogP contribution in [0.1, 0.15) is 30.4 Å². The predicted molar refractivity (Wildman–Crippen MR) is 92.7 cm³/mol.